The molecule has 106 valence electrons. The molecule has 0 saturated carbocycles. The Labute approximate surface area is 122 Å². The summed E-state index contributed by atoms with van der Waals surface area (Å²) in [5.74, 6) is 0.588. The van der Waals surface area contributed by atoms with Crippen molar-refractivity contribution in [2.75, 3.05) is 31.2 Å². The highest BCUT2D eigenvalue weighted by Gasteiger charge is 2.22. The molecule has 0 N–H and O–H groups in total. The van der Waals surface area contributed by atoms with Crippen LogP contribution in [0, 0.1) is 6.92 Å². The summed E-state index contributed by atoms with van der Waals surface area (Å²) in [6.45, 7) is 4.96. The third kappa shape index (κ3) is 1.93. The maximum atomic E-state index is 12.1. The molecule has 0 amide bonds. The molecule has 21 heavy (non-hydrogen) atoms. The fourth-order valence-electron chi connectivity index (χ4n) is 2.98. The van der Waals surface area contributed by atoms with Crippen LogP contribution in [0.2, 0.25) is 0 Å². The molecule has 2 aromatic rings. The summed E-state index contributed by atoms with van der Waals surface area (Å²) in [7, 11) is 0. The molecule has 2 heterocycles. The monoisotopic (exact) mass is 281 g/mol. The number of carbonyl (C=O) groups is 1. The van der Waals surface area contributed by atoms with Crippen molar-refractivity contribution in [3.63, 3.8) is 0 Å². The number of morpholine rings is 1. The Bertz CT molecular complexity index is 777. The van der Waals surface area contributed by atoms with Gasteiger partial charge in [0, 0.05) is 18.5 Å². The van der Waals surface area contributed by atoms with E-state index in [0.717, 1.165) is 48.5 Å². The Morgan fingerprint density at radius 1 is 1.14 bits per heavy atom. The van der Waals surface area contributed by atoms with Gasteiger partial charge in [-0.15, -0.1) is 0 Å². The number of hydrogen-bond donors (Lipinski definition) is 0. The van der Waals surface area contributed by atoms with Gasteiger partial charge in [0.05, 0.1) is 24.4 Å². The van der Waals surface area contributed by atoms with E-state index >= 15 is 0 Å². The lowest BCUT2D eigenvalue weighted by Crippen LogP contribution is -2.36. The number of aryl methyl sites for hydroxylation is 1. The number of hydrogen-bond acceptors (Lipinski definition) is 5. The van der Waals surface area contributed by atoms with Crippen LogP contribution in [0.1, 0.15) is 21.9 Å². The molecule has 5 heteroatoms. The summed E-state index contributed by atoms with van der Waals surface area (Å²) in [6.07, 6.45) is 3.43. The van der Waals surface area contributed by atoms with Gasteiger partial charge in [-0.2, -0.15) is 0 Å². The summed E-state index contributed by atoms with van der Waals surface area (Å²) in [5, 5.41) is 0.872. The molecule has 2 aliphatic rings. The summed E-state index contributed by atoms with van der Waals surface area (Å²) in [4.78, 5) is 23.3. The zero-order valence-electron chi connectivity index (χ0n) is 11.8. The van der Waals surface area contributed by atoms with E-state index in [1.165, 1.54) is 0 Å². The molecule has 1 fully saturated rings. The Morgan fingerprint density at radius 3 is 2.76 bits per heavy atom. The van der Waals surface area contributed by atoms with Gasteiger partial charge < -0.3 is 9.64 Å². The van der Waals surface area contributed by atoms with Gasteiger partial charge in [-0.25, -0.2) is 9.97 Å². The molecule has 0 atom stereocenters. The summed E-state index contributed by atoms with van der Waals surface area (Å²) < 4.78 is 5.41. The zero-order chi connectivity index (χ0) is 14.4. The van der Waals surface area contributed by atoms with E-state index in [9.17, 15) is 4.79 Å². The second-order valence-electron chi connectivity index (χ2n) is 5.31. The topological polar surface area (TPSA) is 55.3 Å². The minimum atomic E-state index is -0.0443. The van der Waals surface area contributed by atoms with Gasteiger partial charge in [-0.05, 0) is 24.6 Å². The van der Waals surface area contributed by atoms with Gasteiger partial charge in [0.25, 0.3) is 0 Å². The van der Waals surface area contributed by atoms with Crippen LogP contribution in [0.4, 0.5) is 5.69 Å². The highest BCUT2D eigenvalue weighted by molar-refractivity contribution is 6.19. The Kier molecular flexibility index (Phi) is 2.75. The number of rotatable bonds is 1. The van der Waals surface area contributed by atoms with Crippen molar-refractivity contribution < 1.29 is 9.53 Å². The van der Waals surface area contributed by atoms with Crippen LogP contribution in [0.25, 0.3) is 17.0 Å². The number of ketones is 1. The minimum Gasteiger partial charge on any atom is -0.378 e. The predicted octanol–water partition coefficient (Wildman–Crippen LogP) is 1.98. The second-order valence-corrected chi connectivity index (χ2v) is 5.31. The van der Waals surface area contributed by atoms with Gasteiger partial charge >= 0.3 is 0 Å². The van der Waals surface area contributed by atoms with Crippen LogP contribution in [0.3, 0.4) is 0 Å². The van der Waals surface area contributed by atoms with Gasteiger partial charge in [-0.1, -0.05) is 12.1 Å². The van der Waals surface area contributed by atoms with Crippen LogP contribution in [0.15, 0.2) is 18.2 Å². The van der Waals surface area contributed by atoms with Crippen LogP contribution in [-0.4, -0.2) is 42.1 Å². The number of nitrogens with zero attached hydrogens (tertiary/aromatic N) is 3. The van der Waals surface area contributed by atoms with Gasteiger partial charge in [0.2, 0.25) is 5.78 Å². The zero-order valence-corrected chi connectivity index (χ0v) is 11.8. The molecule has 5 nitrogen and oxygen atoms in total. The number of anilines is 1. The van der Waals surface area contributed by atoms with Crippen molar-refractivity contribution in [3.8, 4) is 0 Å². The first kappa shape index (κ1) is 12.5. The Balaban J connectivity index is 2.00. The summed E-state index contributed by atoms with van der Waals surface area (Å²) in [6, 6.07) is 4.12. The SMILES string of the molecule is Cc1nc2c3c(ccc(N4CCOCC4)c3n1)C=CC2=O. The summed E-state index contributed by atoms with van der Waals surface area (Å²) >= 11 is 0. The average molecular weight is 281 g/mol. The highest BCUT2D eigenvalue weighted by atomic mass is 16.5. The van der Waals surface area contributed by atoms with Crippen LogP contribution >= 0.6 is 0 Å². The number of benzene rings is 1. The van der Waals surface area contributed by atoms with Crippen molar-refractivity contribution in [1.82, 2.24) is 9.97 Å². The minimum absolute atomic E-state index is 0.0443. The van der Waals surface area contributed by atoms with E-state index in [-0.39, 0.29) is 5.78 Å². The van der Waals surface area contributed by atoms with Crippen molar-refractivity contribution >= 4 is 28.4 Å². The lowest BCUT2D eigenvalue weighted by atomic mass is 9.97. The molecule has 0 bridgehead atoms. The van der Waals surface area contributed by atoms with Crippen LogP contribution < -0.4 is 4.90 Å². The van der Waals surface area contributed by atoms with Crippen LogP contribution in [0.5, 0.6) is 0 Å². The summed E-state index contributed by atoms with van der Waals surface area (Å²) in [5.41, 5.74) is 3.46. The molecule has 1 saturated heterocycles. The third-order valence-electron chi connectivity index (χ3n) is 3.97. The standard InChI is InChI=1S/C16H15N3O2/c1-10-17-15-12(19-6-8-21-9-7-19)4-2-11-3-5-13(20)16(18-10)14(11)15/h2-5H,6-9H2,1H3. The molecule has 1 aromatic heterocycles. The van der Waals surface area contributed by atoms with Crippen molar-refractivity contribution in [2.45, 2.75) is 6.92 Å². The molecule has 1 aliphatic heterocycles. The lowest BCUT2D eigenvalue weighted by molar-refractivity contribution is 0.104. The van der Waals surface area contributed by atoms with E-state index in [1.807, 2.05) is 19.1 Å². The number of aromatic nitrogens is 2. The fraction of sp³-hybridized carbons (Fsp3) is 0.312. The first-order valence-corrected chi connectivity index (χ1v) is 7.10. The molecule has 0 radical (unpaired) electrons. The Hall–Kier alpha value is -2.27. The molecule has 0 unspecified atom stereocenters. The van der Waals surface area contributed by atoms with Gasteiger partial charge in [0.1, 0.15) is 11.5 Å². The van der Waals surface area contributed by atoms with E-state index < -0.39 is 0 Å². The largest absolute Gasteiger partial charge is 0.378 e. The van der Waals surface area contributed by atoms with Gasteiger partial charge in [-0.3, -0.25) is 4.79 Å². The molecule has 4 rings (SSSR count). The van der Waals surface area contributed by atoms with Crippen LogP contribution in [-0.2, 0) is 4.74 Å². The molecular formula is C16H15N3O2. The van der Waals surface area contributed by atoms with E-state index in [1.54, 1.807) is 6.08 Å². The number of ether oxygens (including phenoxy) is 1. The molecule has 0 spiro atoms. The van der Waals surface area contributed by atoms with Crippen molar-refractivity contribution in [3.05, 3.63) is 35.3 Å². The first-order valence-electron chi connectivity index (χ1n) is 7.10. The quantitative estimate of drug-likeness (QED) is 0.800. The maximum absolute atomic E-state index is 12.1. The first-order chi connectivity index (χ1) is 10.2. The molecule has 1 aromatic carbocycles. The third-order valence-corrected chi connectivity index (χ3v) is 3.97. The maximum Gasteiger partial charge on any atom is 0.204 e. The smallest absolute Gasteiger partial charge is 0.204 e. The predicted molar refractivity (Wildman–Crippen MR) is 80.7 cm³/mol. The molecule has 1 aliphatic carbocycles. The highest BCUT2D eigenvalue weighted by Crippen LogP contribution is 2.33. The van der Waals surface area contributed by atoms with E-state index in [0.29, 0.717) is 11.5 Å². The normalized spacial score (nSPS) is 17.6. The molecular weight excluding hydrogens is 266 g/mol. The van der Waals surface area contributed by atoms with Crippen molar-refractivity contribution in [2.24, 2.45) is 0 Å². The van der Waals surface area contributed by atoms with Crippen molar-refractivity contribution in [1.29, 1.82) is 0 Å². The van der Waals surface area contributed by atoms with E-state index in [2.05, 4.69) is 20.9 Å². The van der Waals surface area contributed by atoms with E-state index in [4.69, 9.17) is 4.74 Å². The lowest BCUT2D eigenvalue weighted by Gasteiger charge is -2.30. The average Bonchev–Trinajstić information content (AvgIpc) is 2.51. The fourth-order valence-corrected chi connectivity index (χ4v) is 2.98. The van der Waals surface area contributed by atoms with Gasteiger partial charge in [0.15, 0.2) is 0 Å². The number of allylic oxidation sites excluding steroid dienone is 1. The second kappa shape index (κ2) is 4.63. The Morgan fingerprint density at radius 2 is 1.95 bits per heavy atom. The number of carbonyl (C=O) groups excluding carboxylic acids is 1.